The maximum atomic E-state index is 3.67. The average Bonchev–Trinajstić information content (AvgIpc) is 3.31. The van der Waals surface area contributed by atoms with Crippen molar-refractivity contribution in [1.29, 1.82) is 0 Å². The molecule has 0 saturated heterocycles. The Morgan fingerprint density at radius 1 is 0.865 bits per heavy atom. The summed E-state index contributed by atoms with van der Waals surface area (Å²) in [6.07, 6.45) is 7.98. The Hall–Kier alpha value is -1.33. The van der Waals surface area contributed by atoms with Crippen molar-refractivity contribution < 1.29 is 24.2 Å². The molecular formula is C36H50Zr. The molecular weight excluding hydrogens is 524 g/mol. The van der Waals surface area contributed by atoms with E-state index in [0.29, 0.717) is 11.3 Å². The molecule has 0 nitrogen and oxygen atoms in total. The molecule has 0 aliphatic heterocycles. The third-order valence-electron chi connectivity index (χ3n) is 6.77. The first-order valence-electron chi connectivity index (χ1n) is 13.9. The van der Waals surface area contributed by atoms with Crippen molar-refractivity contribution in [2.24, 2.45) is 11.3 Å². The number of allylic oxidation sites excluding steroid dienone is 4. The van der Waals surface area contributed by atoms with Gasteiger partial charge < -0.3 is 0 Å². The van der Waals surface area contributed by atoms with Crippen LogP contribution in [0.5, 0.6) is 0 Å². The van der Waals surface area contributed by atoms with Crippen LogP contribution in [-0.4, -0.2) is 3.21 Å². The van der Waals surface area contributed by atoms with Crippen LogP contribution in [0.3, 0.4) is 0 Å². The summed E-state index contributed by atoms with van der Waals surface area (Å²) in [5, 5.41) is 0. The fourth-order valence-corrected chi connectivity index (χ4v) is 4.77. The Balaban J connectivity index is 0.000000254. The van der Waals surface area contributed by atoms with E-state index in [9.17, 15) is 0 Å². The summed E-state index contributed by atoms with van der Waals surface area (Å²) in [6.45, 7) is 29.1. The summed E-state index contributed by atoms with van der Waals surface area (Å²) in [5.74, 6) is 0.522. The van der Waals surface area contributed by atoms with E-state index in [0.717, 1.165) is 12.8 Å². The van der Waals surface area contributed by atoms with Gasteiger partial charge in [0.05, 0.1) is 0 Å². The van der Waals surface area contributed by atoms with Crippen LogP contribution in [0, 0.1) is 23.5 Å². The summed E-state index contributed by atoms with van der Waals surface area (Å²) in [7, 11) is 0. The molecule has 4 rings (SSSR count). The van der Waals surface area contributed by atoms with E-state index < -0.39 is 0 Å². The minimum atomic E-state index is 0.167. The average molecular weight is 574 g/mol. The molecule has 2 aromatic rings. The van der Waals surface area contributed by atoms with Gasteiger partial charge in [-0.1, -0.05) is 118 Å². The molecule has 2 aromatic carbocycles. The number of hydrogen-bond acceptors (Lipinski definition) is 0. The van der Waals surface area contributed by atoms with E-state index in [-0.39, 0.29) is 10.8 Å². The molecule has 2 aliphatic carbocycles. The van der Waals surface area contributed by atoms with Gasteiger partial charge in [0.2, 0.25) is 0 Å². The predicted octanol–water partition coefficient (Wildman–Crippen LogP) is 10.1. The van der Waals surface area contributed by atoms with E-state index in [1.807, 2.05) is 0 Å². The molecule has 0 aromatic heterocycles. The first-order valence-corrected chi connectivity index (χ1v) is 15.1. The van der Waals surface area contributed by atoms with Gasteiger partial charge in [0.15, 0.2) is 0 Å². The monoisotopic (exact) mass is 572 g/mol. The topological polar surface area (TPSA) is 0 Å². The zero-order chi connectivity index (χ0) is 28.3. The molecule has 198 valence electrons. The molecule has 0 N–H and O–H groups in total. The first kappa shape index (κ1) is 31.9. The first-order chi connectivity index (χ1) is 16.8. The SMILES string of the molecule is CC(C)(C)c1[c-]c2c(cc1)-c1ccc(C(C)(C)C)cc1C2.CCC1=[C-]C(C)C=C1C(C)(C)C.C[C](C)=[Zr+2]. The third-order valence-corrected chi connectivity index (χ3v) is 6.77. The molecule has 0 saturated carbocycles. The molecule has 37 heavy (non-hydrogen) atoms. The van der Waals surface area contributed by atoms with Crippen LogP contribution in [0.2, 0.25) is 0 Å². The van der Waals surface area contributed by atoms with Crippen LogP contribution >= 0.6 is 0 Å². The second-order valence-corrected chi connectivity index (χ2v) is 16.4. The van der Waals surface area contributed by atoms with Gasteiger partial charge in [-0.2, -0.15) is 35.4 Å². The number of fused-ring (bicyclic) bond motifs is 3. The van der Waals surface area contributed by atoms with E-state index in [2.05, 4.69) is 139 Å². The van der Waals surface area contributed by atoms with E-state index in [4.69, 9.17) is 0 Å². The summed E-state index contributed by atoms with van der Waals surface area (Å²) in [4.78, 5) is 0. The molecule has 0 heterocycles. The number of benzene rings is 2. The summed E-state index contributed by atoms with van der Waals surface area (Å²) < 4.78 is 1.51. The second-order valence-electron chi connectivity index (χ2n) is 13.9. The molecule has 0 amide bonds. The van der Waals surface area contributed by atoms with Gasteiger partial charge in [0.1, 0.15) is 0 Å². The van der Waals surface area contributed by atoms with Crippen molar-refractivity contribution in [2.75, 3.05) is 0 Å². The minimum absolute atomic E-state index is 0.167. The van der Waals surface area contributed by atoms with E-state index in [1.165, 1.54) is 47.7 Å². The van der Waals surface area contributed by atoms with E-state index in [1.54, 1.807) is 24.2 Å². The van der Waals surface area contributed by atoms with Crippen molar-refractivity contribution in [3.63, 3.8) is 0 Å². The van der Waals surface area contributed by atoms with Crippen molar-refractivity contribution in [3.8, 4) is 11.1 Å². The van der Waals surface area contributed by atoms with Crippen LogP contribution in [-0.2, 0) is 41.5 Å². The van der Waals surface area contributed by atoms with Crippen molar-refractivity contribution in [2.45, 2.75) is 114 Å². The number of hydrogen-bond donors (Lipinski definition) is 0. The zero-order valence-electron chi connectivity index (χ0n) is 26.0. The van der Waals surface area contributed by atoms with Crippen molar-refractivity contribution in [1.82, 2.24) is 0 Å². The van der Waals surface area contributed by atoms with Crippen molar-refractivity contribution >= 4 is 3.21 Å². The van der Waals surface area contributed by atoms with Gasteiger partial charge in [0, 0.05) is 0 Å². The molecule has 0 radical (unpaired) electrons. The third kappa shape index (κ3) is 8.85. The van der Waals surface area contributed by atoms with Gasteiger partial charge in [-0.3, -0.25) is 6.08 Å². The van der Waals surface area contributed by atoms with Crippen LogP contribution in [0.15, 0.2) is 47.6 Å². The van der Waals surface area contributed by atoms with Crippen LogP contribution < -0.4 is 0 Å². The van der Waals surface area contributed by atoms with Crippen LogP contribution in [0.4, 0.5) is 0 Å². The summed E-state index contributed by atoms with van der Waals surface area (Å²) >= 11 is 1.55. The Morgan fingerprint density at radius 2 is 1.43 bits per heavy atom. The second kappa shape index (κ2) is 12.2. The molecule has 2 aliphatic rings. The van der Waals surface area contributed by atoms with Gasteiger partial charge in [0.25, 0.3) is 0 Å². The summed E-state index contributed by atoms with van der Waals surface area (Å²) in [5.41, 5.74) is 11.9. The molecule has 0 fully saturated rings. The molecule has 1 heteroatoms. The van der Waals surface area contributed by atoms with Gasteiger partial charge in [-0.25, -0.2) is 5.57 Å². The Morgan fingerprint density at radius 3 is 1.89 bits per heavy atom. The Labute approximate surface area is 244 Å². The normalized spacial score (nSPS) is 16.5. The van der Waals surface area contributed by atoms with Crippen LogP contribution in [0.25, 0.3) is 11.1 Å². The van der Waals surface area contributed by atoms with Gasteiger partial charge in [-0.05, 0) is 28.4 Å². The predicted molar refractivity (Wildman–Crippen MR) is 161 cm³/mol. The molecule has 1 atom stereocenters. The molecule has 1 unspecified atom stereocenters. The fraction of sp³-hybridized carbons (Fsp3) is 0.528. The quantitative estimate of drug-likeness (QED) is 0.254. The Bertz CT molecular complexity index is 1100. The van der Waals surface area contributed by atoms with Crippen molar-refractivity contribution in [3.05, 3.63) is 82.0 Å². The van der Waals surface area contributed by atoms with Gasteiger partial charge >= 0.3 is 41.3 Å². The zero-order valence-corrected chi connectivity index (χ0v) is 28.4. The molecule has 0 spiro atoms. The summed E-state index contributed by atoms with van der Waals surface area (Å²) in [6, 6.07) is 15.2. The molecule has 0 bridgehead atoms. The standard InChI is InChI=1S/C21H25.C12H19.C3H6.Zr/c1-20(2,3)16-7-9-18-14(12-16)11-15-13-17(21(4,5)6)8-10-19(15)18;1-6-10-7-9(2)8-11(10)12(3,4)5;1-3-2;/h7-10,12H,11H2,1-6H3;8-9H,6H2,1-5H3;1-2H3;/q2*-1;;+2. The van der Waals surface area contributed by atoms with E-state index >= 15 is 0 Å². The van der Waals surface area contributed by atoms with Crippen LogP contribution in [0.1, 0.15) is 119 Å². The maximum absolute atomic E-state index is 3.67. The number of rotatable bonds is 1. The Kier molecular flexibility index (Phi) is 10.5. The fourth-order valence-electron chi connectivity index (χ4n) is 4.77. The van der Waals surface area contributed by atoms with Gasteiger partial charge in [-0.15, -0.1) is 11.1 Å².